The second-order valence-electron chi connectivity index (χ2n) is 8.00. The molecule has 1 aliphatic heterocycles. The first-order chi connectivity index (χ1) is 15.6. The van der Waals surface area contributed by atoms with Gasteiger partial charge in [-0.05, 0) is 17.7 Å². The Morgan fingerprint density at radius 1 is 1.00 bits per heavy atom. The van der Waals surface area contributed by atoms with Crippen LogP contribution < -0.4 is 5.32 Å². The van der Waals surface area contributed by atoms with E-state index in [1.54, 1.807) is 25.2 Å². The van der Waals surface area contributed by atoms with Gasteiger partial charge in [0.25, 0.3) is 5.91 Å². The van der Waals surface area contributed by atoms with Crippen molar-refractivity contribution in [2.75, 3.05) is 40.5 Å². The molecule has 2 heterocycles. The number of para-hydroxylation sites is 1. The minimum atomic E-state index is -0.552. The summed E-state index contributed by atoms with van der Waals surface area (Å²) in [5.74, 6) is -0.762. The molecule has 0 spiro atoms. The average molecular weight is 436 g/mol. The molecule has 7 heteroatoms. The van der Waals surface area contributed by atoms with Crippen molar-refractivity contribution in [1.82, 2.24) is 14.8 Å². The van der Waals surface area contributed by atoms with Crippen LogP contribution in [-0.2, 0) is 21.3 Å². The smallest absolute Gasteiger partial charge is 0.254 e. The van der Waals surface area contributed by atoms with E-state index in [4.69, 9.17) is 9.47 Å². The Balaban J connectivity index is 1.90. The lowest BCUT2D eigenvalue weighted by Gasteiger charge is -2.41. The van der Waals surface area contributed by atoms with E-state index in [2.05, 4.69) is 5.32 Å². The van der Waals surface area contributed by atoms with Crippen molar-refractivity contribution in [2.24, 2.45) is 7.05 Å². The number of ether oxygens (including phenoxy) is 2. The summed E-state index contributed by atoms with van der Waals surface area (Å²) in [5, 5.41) is 4.03. The number of hydrogen-bond acceptors (Lipinski definition) is 4. The van der Waals surface area contributed by atoms with Crippen LogP contribution in [0.1, 0.15) is 33.4 Å². The molecule has 2 amide bonds. The van der Waals surface area contributed by atoms with E-state index in [9.17, 15) is 9.59 Å². The van der Waals surface area contributed by atoms with Gasteiger partial charge >= 0.3 is 0 Å². The fourth-order valence-electron chi connectivity index (χ4n) is 4.65. The Hall–Kier alpha value is -3.16. The van der Waals surface area contributed by atoms with Gasteiger partial charge in [0.05, 0.1) is 25.2 Å². The van der Waals surface area contributed by atoms with Crippen LogP contribution in [0.2, 0.25) is 0 Å². The molecule has 2 atom stereocenters. The van der Waals surface area contributed by atoms with Crippen LogP contribution in [0.5, 0.6) is 0 Å². The number of carbonyl (C=O) groups is 2. The lowest BCUT2D eigenvalue weighted by molar-refractivity contribution is -0.124. The summed E-state index contributed by atoms with van der Waals surface area (Å²) in [7, 11) is 5.20. The van der Waals surface area contributed by atoms with Crippen molar-refractivity contribution in [3.05, 3.63) is 71.4 Å². The summed E-state index contributed by atoms with van der Waals surface area (Å²) in [6, 6.07) is 15.0. The summed E-state index contributed by atoms with van der Waals surface area (Å²) in [6.45, 7) is 1.60. The molecule has 1 N–H and O–H groups in total. The second-order valence-corrected chi connectivity index (χ2v) is 8.00. The Morgan fingerprint density at radius 2 is 1.72 bits per heavy atom. The maximum absolute atomic E-state index is 13.6. The van der Waals surface area contributed by atoms with Crippen molar-refractivity contribution in [1.29, 1.82) is 0 Å². The molecular weight excluding hydrogens is 406 g/mol. The van der Waals surface area contributed by atoms with E-state index >= 15 is 0 Å². The van der Waals surface area contributed by atoms with Gasteiger partial charge in [0.15, 0.2) is 0 Å². The van der Waals surface area contributed by atoms with E-state index in [1.165, 1.54) is 0 Å². The second kappa shape index (κ2) is 9.54. The topological polar surface area (TPSA) is 72.8 Å². The molecule has 168 valence electrons. The molecule has 0 bridgehead atoms. The summed E-state index contributed by atoms with van der Waals surface area (Å²) < 4.78 is 12.5. The van der Waals surface area contributed by atoms with Gasteiger partial charge in [0.1, 0.15) is 0 Å². The highest BCUT2D eigenvalue weighted by atomic mass is 16.5. The van der Waals surface area contributed by atoms with Gasteiger partial charge < -0.3 is 24.3 Å². The molecule has 0 saturated carbocycles. The predicted octanol–water partition coefficient (Wildman–Crippen LogP) is 2.87. The third-order valence-corrected chi connectivity index (χ3v) is 6.11. The van der Waals surface area contributed by atoms with Gasteiger partial charge in [0, 0.05) is 62.6 Å². The molecule has 1 aliphatic rings. The van der Waals surface area contributed by atoms with Crippen molar-refractivity contribution >= 4 is 22.7 Å². The van der Waals surface area contributed by atoms with E-state index < -0.39 is 12.0 Å². The van der Waals surface area contributed by atoms with Crippen LogP contribution >= 0.6 is 0 Å². The number of hydrogen-bond donors (Lipinski definition) is 1. The third-order valence-electron chi connectivity index (χ3n) is 6.11. The largest absolute Gasteiger partial charge is 0.383 e. The third kappa shape index (κ3) is 3.89. The number of rotatable bonds is 8. The zero-order chi connectivity index (χ0) is 22.7. The number of aryl methyl sites for hydroxylation is 1. The van der Waals surface area contributed by atoms with E-state index in [0.717, 1.165) is 22.0 Å². The number of amides is 2. The summed E-state index contributed by atoms with van der Waals surface area (Å²) in [4.78, 5) is 28.9. The molecule has 1 aromatic heterocycles. The molecule has 4 rings (SSSR count). The first-order valence-electron chi connectivity index (χ1n) is 10.8. The number of fused-ring (bicyclic) bond motifs is 2. The van der Waals surface area contributed by atoms with Crippen molar-refractivity contribution in [2.45, 2.75) is 12.0 Å². The average Bonchev–Trinajstić information content (AvgIpc) is 3.14. The van der Waals surface area contributed by atoms with Gasteiger partial charge in [0.2, 0.25) is 5.91 Å². The molecule has 0 radical (unpaired) electrons. The fraction of sp³-hybridized carbons (Fsp3) is 0.360. The molecule has 2 aromatic carbocycles. The molecule has 0 aliphatic carbocycles. The van der Waals surface area contributed by atoms with Crippen LogP contribution in [-0.4, -0.2) is 61.8 Å². The Kier molecular flexibility index (Phi) is 6.58. The highest BCUT2D eigenvalue weighted by Crippen LogP contribution is 2.45. The molecule has 32 heavy (non-hydrogen) atoms. The lowest BCUT2D eigenvalue weighted by atomic mass is 9.79. The number of methoxy groups -OCH3 is 2. The van der Waals surface area contributed by atoms with Crippen LogP contribution in [0.4, 0.5) is 0 Å². The Morgan fingerprint density at radius 3 is 2.50 bits per heavy atom. The normalized spacial score (nSPS) is 18.1. The molecule has 0 fully saturated rings. The van der Waals surface area contributed by atoms with Crippen LogP contribution in [0, 0.1) is 0 Å². The van der Waals surface area contributed by atoms with Gasteiger partial charge in [-0.15, -0.1) is 0 Å². The summed E-state index contributed by atoms with van der Waals surface area (Å²) in [6.07, 6.45) is 2.03. The Labute approximate surface area is 187 Å². The number of carbonyl (C=O) groups excluding carboxylic acids is 2. The SMILES string of the molecule is COCCNC(=O)C1c2ccccc2C(=O)N(CCOC)C1c1cn(C)c2ccccc12. The maximum Gasteiger partial charge on any atom is 0.254 e. The van der Waals surface area contributed by atoms with Gasteiger partial charge in [-0.2, -0.15) is 0 Å². The maximum atomic E-state index is 13.6. The minimum Gasteiger partial charge on any atom is -0.383 e. The van der Waals surface area contributed by atoms with Gasteiger partial charge in [-0.25, -0.2) is 0 Å². The minimum absolute atomic E-state index is 0.0866. The van der Waals surface area contributed by atoms with Crippen molar-refractivity contribution in [3.63, 3.8) is 0 Å². The van der Waals surface area contributed by atoms with E-state index in [0.29, 0.717) is 31.9 Å². The molecule has 7 nitrogen and oxygen atoms in total. The molecule has 3 aromatic rings. The number of benzene rings is 2. The lowest BCUT2D eigenvalue weighted by Crippen LogP contribution is -2.48. The van der Waals surface area contributed by atoms with Gasteiger partial charge in [-0.1, -0.05) is 36.4 Å². The zero-order valence-electron chi connectivity index (χ0n) is 18.7. The zero-order valence-corrected chi connectivity index (χ0v) is 18.7. The van der Waals surface area contributed by atoms with E-state index in [1.807, 2.05) is 60.3 Å². The highest BCUT2D eigenvalue weighted by Gasteiger charge is 2.44. The van der Waals surface area contributed by atoms with Crippen LogP contribution in [0.25, 0.3) is 10.9 Å². The standard InChI is InChI=1S/C25H29N3O4/c1-27-16-20(17-8-6-7-11-21(17)27)23-22(24(29)26-12-14-31-2)18-9-4-5-10-19(18)25(30)28(23)13-15-32-3/h4-11,16,22-23H,12-15H2,1-3H3,(H,26,29). The Bertz CT molecular complexity index is 1120. The monoisotopic (exact) mass is 435 g/mol. The van der Waals surface area contributed by atoms with Crippen molar-refractivity contribution < 1.29 is 19.1 Å². The number of nitrogens with one attached hydrogen (secondary N) is 1. The van der Waals surface area contributed by atoms with E-state index in [-0.39, 0.29) is 11.8 Å². The summed E-state index contributed by atoms with van der Waals surface area (Å²) in [5.41, 5.74) is 3.32. The first-order valence-corrected chi connectivity index (χ1v) is 10.8. The predicted molar refractivity (Wildman–Crippen MR) is 123 cm³/mol. The van der Waals surface area contributed by atoms with Crippen LogP contribution in [0.15, 0.2) is 54.7 Å². The molecule has 2 unspecified atom stereocenters. The van der Waals surface area contributed by atoms with Crippen LogP contribution in [0.3, 0.4) is 0 Å². The first kappa shape index (κ1) is 22.0. The summed E-state index contributed by atoms with van der Waals surface area (Å²) >= 11 is 0. The number of nitrogens with zero attached hydrogens (tertiary/aromatic N) is 2. The van der Waals surface area contributed by atoms with Crippen molar-refractivity contribution in [3.8, 4) is 0 Å². The molecule has 0 saturated heterocycles. The quantitative estimate of drug-likeness (QED) is 0.553. The molecular formula is C25H29N3O4. The van der Waals surface area contributed by atoms with Gasteiger partial charge in [-0.3, -0.25) is 9.59 Å². The number of aromatic nitrogens is 1. The highest BCUT2D eigenvalue weighted by molar-refractivity contribution is 6.02. The fourth-order valence-corrected chi connectivity index (χ4v) is 4.65.